The molecule has 1 rings (SSSR count). The highest BCUT2D eigenvalue weighted by Gasteiger charge is 2.04. The molecule has 0 aromatic carbocycles. The van der Waals surface area contributed by atoms with Crippen LogP contribution in [-0.2, 0) is 13.1 Å². The molecule has 1 unspecified atom stereocenters. The average Bonchev–Trinajstić information content (AvgIpc) is 2.72. The topological polar surface area (TPSA) is 29.9 Å². The van der Waals surface area contributed by atoms with E-state index in [2.05, 4.69) is 35.6 Å². The summed E-state index contributed by atoms with van der Waals surface area (Å²) in [5.74, 6) is 2.37. The first-order valence-electron chi connectivity index (χ1n) is 6.08. The van der Waals surface area contributed by atoms with Crippen LogP contribution in [0.2, 0.25) is 0 Å². The summed E-state index contributed by atoms with van der Waals surface area (Å²) in [6, 6.07) is 0.565. The molecule has 0 saturated heterocycles. The molecule has 0 saturated carbocycles. The molecule has 1 atom stereocenters. The van der Waals surface area contributed by atoms with Gasteiger partial charge in [-0.3, -0.25) is 0 Å². The van der Waals surface area contributed by atoms with Crippen molar-refractivity contribution in [1.82, 2.24) is 14.9 Å². The van der Waals surface area contributed by atoms with Crippen molar-refractivity contribution in [2.24, 2.45) is 0 Å². The highest BCUT2D eigenvalue weighted by Crippen LogP contribution is 2.04. The lowest BCUT2D eigenvalue weighted by molar-refractivity contribution is 0.556. The molecule has 16 heavy (non-hydrogen) atoms. The van der Waals surface area contributed by atoms with Crippen molar-refractivity contribution in [3.8, 4) is 0 Å². The molecular weight excluding hydrogens is 218 g/mol. The van der Waals surface area contributed by atoms with Gasteiger partial charge in [0, 0.05) is 31.1 Å². The van der Waals surface area contributed by atoms with E-state index in [1.54, 1.807) is 0 Å². The summed E-state index contributed by atoms with van der Waals surface area (Å²) in [5, 5.41) is 3.54. The minimum atomic E-state index is 0.565. The van der Waals surface area contributed by atoms with Gasteiger partial charge in [0.15, 0.2) is 0 Å². The maximum atomic E-state index is 4.20. The normalized spacial score (nSPS) is 12.9. The summed E-state index contributed by atoms with van der Waals surface area (Å²) >= 11 is 1.98. The predicted molar refractivity (Wildman–Crippen MR) is 71.8 cm³/mol. The van der Waals surface area contributed by atoms with Gasteiger partial charge in [-0.25, -0.2) is 4.98 Å². The summed E-state index contributed by atoms with van der Waals surface area (Å²) in [4.78, 5) is 4.20. The number of imidazole rings is 1. The Balaban J connectivity index is 2.32. The van der Waals surface area contributed by atoms with E-state index in [9.17, 15) is 0 Å². The molecule has 0 spiro atoms. The predicted octanol–water partition coefficient (Wildman–Crippen LogP) is 2.52. The number of thioether (sulfide) groups is 1. The highest BCUT2D eigenvalue weighted by atomic mass is 32.2. The van der Waals surface area contributed by atoms with Crippen LogP contribution < -0.4 is 5.32 Å². The Morgan fingerprint density at radius 3 is 3.00 bits per heavy atom. The smallest absolute Gasteiger partial charge is 0.0948 e. The van der Waals surface area contributed by atoms with Crippen molar-refractivity contribution >= 4 is 11.8 Å². The molecular formula is C12H23N3S. The molecule has 0 bridgehead atoms. The molecule has 1 aromatic rings. The van der Waals surface area contributed by atoms with E-state index < -0.39 is 0 Å². The maximum absolute atomic E-state index is 4.20. The summed E-state index contributed by atoms with van der Waals surface area (Å²) in [6.45, 7) is 8.62. The molecule has 0 amide bonds. The van der Waals surface area contributed by atoms with Crippen molar-refractivity contribution in [2.75, 3.05) is 11.5 Å². The van der Waals surface area contributed by atoms with E-state index in [0.717, 1.165) is 19.5 Å². The first-order valence-corrected chi connectivity index (χ1v) is 7.23. The third-order valence-corrected chi connectivity index (χ3v) is 3.61. The Kier molecular flexibility index (Phi) is 6.57. The molecule has 0 fully saturated rings. The zero-order chi connectivity index (χ0) is 11.8. The van der Waals surface area contributed by atoms with Crippen molar-refractivity contribution in [1.29, 1.82) is 0 Å². The Morgan fingerprint density at radius 2 is 2.31 bits per heavy atom. The van der Waals surface area contributed by atoms with E-state index in [4.69, 9.17) is 0 Å². The quantitative estimate of drug-likeness (QED) is 0.758. The molecule has 1 aromatic heterocycles. The van der Waals surface area contributed by atoms with Crippen LogP contribution in [0.3, 0.4) is 0 Å². The highest BCUT2D eigenvalue weighted by molar-refractivity contribution is 7.99. The van der Waals surface area contributed by atoms with Gasteiger partial charge < -0.3 is 9.88 Å². The van der Waals surface area contributed by atoms with Crippen LogP contribution in [0, 0.1) is 0 Å². The second-order valence-electron chi connectivity index (χ2n) is 4.02. The van der Waals surface area contributed by atoms with Gasteiger partial charge in [0.2, 0.25) is 0 Å². The van der Waals surface area contributed by atoms with Gasteiger partial charge in [-0.05, 0) is 19.1 Å². The lowest BCUT2D eigenvalue weighted by Crippen LogP contribution is -2.28. The van der Waals surface area contributed by atoms with Gasteiger partial charge >= 0.3 is 0 Å². The fraction of sp³-hybridized carbons (Fsp3) is 0.750. The minimum Gasteiger partial charge on any atom is -0.333 e. The van der Waals surface area contributed by atoms with Crippen LogP contribution in [0.25, 0.3) is 0 Å². The summed E-state index contributed by atoms with van der Waals surface area (Å²) in [6.07, 6.45) is 5.04. The second kappa shape index (κ2) is 7.74. The van der Waals surface area contributed by atoms with E-state index in [-0.39, 0.29) is 0 Å². The third kappa shape index (κ3) is 4.58. The summed E-state index contributed by atoms with van der Waals surface area (Å²) in [7, 11) is 0. The van der Waals surface area contributed by atoms with E-state index >= 15 is 0 Å². The van der Waals surface area contributed by atoms with Gasteiger partial charge in [0.1, 0.15) is 0 Å². The molecule has 92 valence electrons. The Bertz CT molecular complexity index is 286. The number of nitrogens with zero attached hydrogens (tertiary/aromatic N) is 2. The molecule has 0 aliphatic heterocycles. The lowest BCUT2D eigenvalue weighted by atomic mass is 10.3. The zero-order valence-electron chi connectivity index (χ0n) is 10.6. The van der Waals surface area contributed by atoms with Crippen LogP contribution in [0.4, 0.5) is 0 Å². The van der Waals surface area contributed by atoms with Crippen molar-refractivity contribution in [3.05, 3.63) is 18.2 Å². The van der Waals surface area contributed by atoms with Crippen LogP contribution in [-0.4, -0.2) is 27.1 Å². The largest absolute Gasteiger partial charge is 0.333 e. The number of hydrogen-bond acceptors (Lipinski definition) is 3. The van der Waals surface area contributed by atoms with Gasteiger partial charge in [0.05, 0.1) is 12.0 Å². The first kappa shape index (κ1) is 13.6. The number of hydrogen-bond donors (Lipinski definition) is 1. The zero-order valence-corrected chi connectivity index (χ0v) is 11.4. The molecule has 0 aliphatic rings. The fourth-order valence-corrected chi connectivity index (χ4v) is 2.28. The average molecular weight is 241 g/mol. The maximum Gasteiger partial charge on any atom is 0.0948 e. The fourth-order valence-electron chi connectivity index (χ4n) is 1.57. The molecule has 3 nitrogen and oxygen atoms in total. The number of aromatic nitrogens is 2. The molecule has 1 heterocycles. The van der Waals surface area contributed by atoms with Crippen LogP contribution in [0.1, 0.15) is 32.9 Å². The SMILES string of the molecule is CCCn1cncc1CNC(C)CSCC. The van der Waals surface area contributed by atoms with Gasteiger partial charge in [-0.15, -0.1) is 0 Å². The van der Waals surface area contributed by atoms with Crippen molar-refractivity contribution in [3.63, 3.8) is 0 Å². The van der Waals surface area contributed by atoms with Crippen LogP contribution >= 0.6 is 11.8 Å². The summed E-state index contributed by atoms with van der Waals surface area (Å²) in [5.41, 5.74) is 1.29. The van der Waals surface area contributed by atoms with Crippen molar-refractivity contribution in [2.45, 2.75) is 46.3 Å². The molecule has 1 N–H and O–H groups in total. The number of nitrogens with one attached hydrogen (secondary N) is 1. The van der Waals surface area contributed by atoms with Crippen LogP contribution in [0.5, 0.6) is 0 Å². The standard InChI is InChI=1S/C12H23N3S/c1-4-6-15-10-13-7-12(15)8-14-11(3)9-16-5-2/h7,10-11,14H,4-6,8-9H2,1-3H3. The van der Waals surface area contributed by atoms with E-state index in [1.165, 1.54) is 17.2 Å². The number of rotatable bonds is 8. The van der Waals surface area contributed by atoms with Crippen molar-refractivity contribution < 1.29 is 0 Å². The van der Waals surface area contributed by atoms with Gasteiger partial charge in [0.25, 0.3) is 0 Å². The van der Waals surface area contributed by atoms with Gasteiger partial charge in [-0.1, -0.05) is 13.8 Å². The van der Waals surface area contributed by atoms with Crippen LogP contribution in [0.15, 0.2) is 12.5 Å². The second-order valence-corrected chi connectivity index (χ2v) is 5.34. The summed E-state index contributed by atoms with van der Waals surface area (Å²) < 4.78 is 2.23. The van der Waals surface area contributed by atoms with E-state index in [1.807, 2.05) is 24.3 Å². The Morgan fingerprint density at radius 1 is 1.50 bits per heavy atom. The third-order valence-electron chi connectivity index (χ3n) is 2.47. The van der Waals surface area contributed by atoms with Gasteiger partial charge in [-0.2, -0.15) is 11.8 Å². The molecule has 4 heteroatoms. The number of aryl methyl sites for hydroxylation is 1. The molecule has 0 radical (unpaired) electrons. The Hall–Kier alpha value is -0.480. The monoisotopic (exact) mass is 241 g/mol. The Labute approximate surface area is 103 Å². The first-order chi connectivity index (χ1) is 7.77. The lowest BCUT2D eigenvalue weighted by Gasteiger charge is -2.13. The minimum absolute atomic E-state index is 0.565. The van der Waals surface area contributed by atoms with E-state index in [0.29, 0.717) is 6.04 Å². The molecule has 0 aliphatic carbocycles.